The van der Waals surface area contributed by atoms with Crippen LogP contribution in [0.3, 0.4) is 0 Å². The molecule has 1 fully saturated rings. The average Bonchev–Trinajstić information content (AvgIpc) is 3.16. The van der Waals surface area contributed by atoms with E-state index in [9.17, 15) is 25.2 Å². The van der Waals surface area contributed by atoms with Gasteiger partial charge in [0.2, 0.25) is 0 Å². The van der Waals surface area contributed by atoms with Gasteiger partial charge in [-0.1, -0.05) is 131 Å². The summed E-state index contributed by atoms with van der Waals surface area (Å²) in [5.41, 5.74) is 0. The first-order valence-electron chi connectivity index (χ1n) is 20.2. The Bertz CT molecular complexity index is 1070. The molecule has 0 aromatic rings. The lowest BCUT2D eigenvalue weighted by Gasteiger charge is -2.39. The van der Waals surface area contributed by atoms with Crippen molar-refractivity contribution >= 4 is 5.97 Å². The highest BCUT2D eigenvalue weighted by molar-refractivity contribution is 5.69. The molecule has 4 N–H and O–H groups in total. The van der Waals surface area contributed by atoms with Gasteiger partial charge >= 0.3 is 5.97 Å². The zero-order chi connectivity index (χ0) is 38.6. The van der Waals surface area contributed by atoms with Crippen LogP contribution in [0.1, 0.15) is 123 Å². The van der Waals surface area contributed by atoms with E-state index in [4.69, 9.17) is 18.9 Å². The van der Waals surface area contributed by atoms with Gasteiger partial charge in [0, 0.05) is 13.0 Å². The second-order valence-electron chi connectivity index (χ2n) is 13.3. The highest BCUT2D eigenvalue weighted by Crippen LogP contribution is 2.22. The molecule has 0 radical (unpaired) electrons. The summed E-state index contributed by atoms with van der Waals surface area (Å²) >= 11 is 0. The Hall–Kier alpha value is -2.63. The summed E-state index contributed by atoms with van der Waals surface area (Å²) < 4.78 is 22.6. The van der Waals surface area contributed by atoms with Crippen LogP contribution in [0.15, 0.2) is 85.1 Å². The third-order valence-electron chi connectivity index (χ3n) is 8.54. The Morgan fingerprint density at radius 2 is 1.15 bits per heavy atom. The third-order valence-corrected chi connectivity index (χ3v) is 8.54. The molecule has 1 aliphatic rings. The zero-order valence-electron chi connectivity index (χ0n) is 32.7. The lowest BCUT2D eigenvalue weighted by atomic mass is 9.99. The number of aliphatic hydroxyl groups excluding tert-OH is 4. The molecule has 302 valence electrons. The number of unbranched alkanes of at least 4 members (excludes halogenated alkanes) is 7. The van der Waals surface area contributed by atoms with Crippen molar-refractivity contribution in [1.29, 1.82) is 0 Å². The van der Waals surface area contributed by atoms with Crippen molar-refractivity contribution in [2.45, 2.75) is 160 Å². The second kappa shape index (κ2) is 35.1. The predicted molar refractivity (Wildman–Crippen MR) is 214 cm³/mol. The van der Waals surface area contributed by atoms with Crippen LogP contribution in [-0.4, -0.2) is 89.6 Å². The number of allylic oxidation sites excluding steroid dienone is 14. The van der Waals surface area contributed by atoms with Crippen LogP contribution in [0.4, 0.5) is 0 Å². The Morgan fingerprint density at radius 1 is 0.623 bits per heavy atom. The molecule has 1 heterocycles. The van der Waals surface area contributed by atoms with E-state index in [1.165, 1.54) is 25.7 Å². The van der Waals surface area contributed by atoms with Crippen molar-refractivity contribution in [3.63, 3.8) is 0 Å². The summed E-state index contributed by atoms with van der Waals surface area (Å²) in [4.78, 5) is 12.7. The number of hydrogen-bond acceptors (Lipinski definition) is 9. The summed E-state index contributed by atoms with van der Waals surface area (Å²) in [6.45, 7) is 4.24. The van der Waals surface area contributed by atoms with Crippen molar-refractivity contribution in [3.05, 3.63) is 85.1 Å². The minimum Gasteiger partial charge on any atom is -0.457 e. The monoisotopic (exact) mass is 745 g/mol. The highest BCUT2D eigenvalue weighted by atomic mass is 16.7. The topological polar surface area (TPSA) is 135 Å². The maximum absolute atomic E-state index is 12.7. The first-order chi connectivity index (χ1) is 25.9. The van der Waals surface area contributed by atoms with Gasteiger partial charge in [-0.2, -0.15) is 0 Å². The minimum absolute atomic E-state index is 0.104. The van der Waals surface area contributed by atoms with Crippen molar-refractivity contribution in [2.75, 3.05) is 26.4 Å². The molecule has 0 spiro atoms. The van der Waals surface area contributed by atoms with E-state index in [1.807, 2.05) is 12.2 Å². The first-order valence-corrected chi connectivity index (χ1v) is 20.2. The number of ether oxygens (including phenoxy) is 4. The van der Waals surface area contributed by atoms with Gasteiger partial charge in [0.05, 0.1) is 19.8 Å². The molecule has 9 heteroatoms. The maximum Gasteiger partial charge on any atom is 0.306 e. The largest absolute Gasteiger partial charge is 0.457 e. The molecule has 1 saturated heterocycles. The van der Waals surface area contributed by atoms with Gasteiger partial charge in [-0.15, -0.1) is 0 Å². The molecule has 0 saturated carbocycles. The van der Waals surface area contributed by atoms with Crippen molar-refractivity contribution in [2.24, 2.45) is 0 Å². The number of hydrogen-bond donors (Lipinski definition) is 4. The Kier molecular flexibility index (Phi) is 32.0. The van der Waals surface area contributed by atoms with E-state index >= 15 is 0 Å². The SMILES string of the molecule is CC/C=C\C/C=C\C/C=C\C/C=C\C/C=C\C/C=C\CCC(=O)OC(COCCCCCCCC/C=C\CCC)COC1OC(CO)C(O)C(O)C1O. The molecule has 0 aliphatic carbocycles. The summed E-state index contributed by atoms with van der Waals surface area (Å²) in [6.07, 6.45) is 39.1. The highest BCUT2D eigenvalue weighted by Gasteiger charge is 2.44. The Labute approximate surface area is 320 Å². The van der Waals surface area contributed by atoms with E-state index in [0.29, 0.717) is 13.0 Å². The van der Waals surface area contributed by atoms with E-state index in [1.54, 1.807) is 0 Å². The van der Waals surface area contributed by atoms with Crippen LogP contribution < -0.4 is 0 Å². The van der Waals surface area contributed by atoms with Crippen molar-refractivity contribution in [3.8, 4) is 0 Å². The van der Waals surface area contributed by atoms with Crippen LogP contribution in [-0.2, 0) is 23.7 Å². The van der Waals surface area contributed by atoms with Crippen molar-refractivity contribution < 1.29 is 44.2 Å². The number of carbonyl (C=O) groups is 1. The standard InChI is InChI=1S/C44H72O9/c1-3-5-7-9-11-13-15-16-17-18-19-20-21-22-23-25-27-29-31-33-40(46)52-38(37-51-44-43(49)42(48)41(47)39(35-45)53-44)36-50-34-32-30-28-26-24-14-12-10-8-6-4-2/h5,7-8,10-11,13,16-17,19-20,22-23,27,29,38-39,41-45,47-49H,3-4,6,9,12,14-15,18,21,24-26,28,30-37H2,1-2H3/b7-5-,10-8-,13-11-,17-16-,20-19-,23-22-,29-27-. The molecule has 9 nitrogen and oxygen atoms in total. The quantitative estimate of drug-likeness (QED) is 0.0305. The number of aliphatic hydroxyl groups is 4. The molecule has 1 aliphatic heterocycles. The lowest BCUT2D eigenvalue weighted by molar-refractivity contribution is -0.305. The van der Waals surface area contributed by atoms with Gasteiger partial charge in [-0.25, -0.2) is 0 Å². The van der Waals surface area contributed by atoms with Crippen LogP contribution in [0.25, 0.3) is 0 Å². The molecule has 0 bridgehead atoms. The second-order valence-corrected chi connectivity index (χ2v) is 13.3. The van der Waals surface area contributed by atoms with Gasteiger partial charge in [0.1, 0.15) is 30.5 Å². The van der Waals surface area contributed by atoms with Gasteiger partial charge in [-0.05, 0) is 70.6 Å². The smallest absolute Gasteiger partial charge is 0.306 e. The molecular weight excluding hydrogens is 672 g/mol. The van der Waals surface area contributed by atoms with Crippen LogP contribution in [0.2, 0.25) is 0 Å². The fraction of sp³-hybridized carbons (Fsp3) is 0.659. The fourth-order valence-corrected chi connectivity index (χ4v) is 5.40. The van der Waals surface area contributed by atoms with E-state index in [2.05, 4.69) is 86.8 Å². The average molecular weight is 745 g/mol. The molecule has 0 aromatic heterocycles. The molecule has 53 heavy (non-hydrogen) atoms. The first kappa shape index (κ1) is 48.4. The zero-order valence-corrected chi connectivity index (χ0v) is 32.7. The van der Waals surface area contributed by atoms with E-state index < -0.39 is 49.4 Å². The Balaban J connectivity index is 2.38. The van der Waals surface area contributed by atoms with Crippen LogP contribution in [0, 0.1) is 0 Å². The van der Waals surface area contributed by atoms with Gasteiger partial charge in [-0.3, -0.25) is 4.79 Å². The third kappa shape index (κ3) is 26.7. The normalized spacial score (nSPS) is 22.0. The van der Waals surface area contributed by atoms with Gasteiger partial charge in [0.15, 0.2) is 6.29 Å². The number of rotatable bonds is 32. The van der Waals surface area contributed by atoms with Gasteiger partial charge < -0.3 is 39.4 Å². The fourth-order valence-electron chi connectivity index (χ4n) is 5.40. The lowest BCUT2D eigenvalue weighted by Crippen LogP contribution is -2.59. The molecular formula is C44H72O9. The Morgan fingerprint density at radius 3 is 1.74 bits per heavy atom. The van der Waals surface area contributed by atoms with Crippen LogP contribution >= 0.6 is 0 Å². The summed E-state index contributed by atoms with van der Waals surface area (Å²) in [5.74, 6) is -0.403. The molecule has 1 rings (SSSR count). The molecule has 0 aromatic carbocycles. The minimum atomic E-state index is -1.55. The maximum atomic E-state index is 12.7. The number of esters is 1. The van der Waals surface area contributed by atoms with Gasteiger partial charge in [0.25, 0.3) is 0 Å². The predicted octanol–water partition coefficient (Wildman–Crippen LogP) is 8.30. The van der Waals surface area contributed by atoms with Crippen molar-refractivity contribution in [1.82, 2.24) is 0 Å². The molecule has 6 atom stereocenters. The van der Waals surface area contributed by atoms with Crippen LogP contribution in [0.5, 0.6) is 0 Å². The number of carbonyl (C=O) groups excluding carboxylic acids is 1. The summed E-state index contributed by atoms with van der Waals surface area (Å²) in [5, 5.41) is 40.0. The van der Waals surface area contributed by atoms with E-state index in [-0.39, 0.29) is 19.6 Å². The summed E-state index contributed by atoms with van der Waals surface area (Å²) in [6, 6.07) is 0. The molecule has 6 unspecified atom stereocenters. The molecule has 0 amide bonds. The summed E-state index contributed by atoms with van der Waals surface area (Å²) in [7, 11) is 0. The van der Waals surface area contributed by atoms with E-state index in [0.717, 1.165) is 70.6 Å².